The monoisotopic (exact) mass is 464 g/mol. The lowest BCUT2D eigenvalue weighted by Gasteiger charge is -2.29. The van der Waals surface area contributed by atoms with E-state index >= 15 is 0 Å². The van der Waals surface area contributed by atoms with Gasteiger partial charge in [0.25, 0.3) is 5.91 Å². The van der Waals surface area contributed by atoms with Crippen LogP contribution >= 0.6 is 11.6 Å². The zero-order valence-electron chi connectivity index (χ0n) is 18.0. The molecule has 168 valence electrons. The lowest BCUT2D eigenvalue weighted by atomic mass is 9.90. The van der Waals surface area contributed by atoms with Crippen LogP contribution in [0.4, 0.5) is 11.4 Å². The number of carbonyl (C=O) groups excluding carboxylic acids is 2. The smallest absolute Gasteiger partial charge is 0.266 e. The largest absolute Gasteiger partial charge is 0.497 e. The number of hydrogen-bond acceptors (Lipinski definition) is 6. The van der Waals surface area contributed by atoms with Crippen molar-refractivity contribution in [3.05, 3.63) is 83.4 Å². The Bertz CT molecular complexity index is 1220. The second kappa shape index (κ2) is 8.42. The molecule has 2 aliphatic heterocycles. The molecule has 33 heavy (non-hydrogen) atoms. The Morgan fingerprint density at radius 2 is 1.61 bits per heavy atom. The molecular weight excluding hydrogens is 444 g/mol. The summed E-state index contributed by atoms with van der Waals surface area (Å²) in [6.07, 6.45) is -0.978. The molecule has 0 spiro atoms. The summed E-state index contributed by atoms with van der Waals surface area (Å²) in [5.41, 5.74) is 1.86. The molecule has 3 atom stereocenters. The van der Waals surface area contributed by atoms with Gasteiger partial charge in [-0.25, -0.2) is 9.96 Å². The predicted molar refractivity (Wildman–Crippen MR) is 124 cm³/mol. The minimum Gasteiger partial charge on any atom is -0.497 e. The van der Waals surface area contributed by atoms with Crippen LogP contribution in [0.1, 0.15) is 11.6 Å². The van der Waals surface area contributed by atoms with E-state index in [1.54, 1.807) is 55.7 Å². The van der Waals surface area contributed by atoms with E-state index in [1.807, 2.05) is 36.4 Å². The quantitative estimate of drug-likeness (QED) is 0.521. The fourth-order valence-corrected chi connectivity index (χ4v) is 4.65. The molecular formula is C25H21ClN2O5. The first kappa shape index (κ1) is 21.3. The van der Waals surface area contributed by atoms with Crippen molar-refractivity contribution in [2.24, 2.45) is 5.92 Å². The van der Waals surface area contributed by atoms with E-state index < -0.39 is 24.0 Å². The van der Waals surface area contributed by atoms with Crippen molar-refractivity contribution in [2.45, 2.75) is 12.1 Å². The maximum atomic E-state index is 13.7. The number of hydrogen-bond donors (Lipinski definition) is 0. The molecule has 3 aromatic rings. The van der Waals surface area contributed by atoms with Crippen LogP contribution in [0.3, 0.4) is 0 Å². The summed E-state index contributed by atoms with van der Waals surface area (Å²) < 4.78 is 11.0. The third kappa shape index (κ3) is 3.50. The second-order valence-corrected chi connectivity index (χ2v) is 8.19. The fraction of sp³-hybridized carbons (Fsp3) is 0.200. The topological polar surface area (TPSA) is 68.3 Å². The second-order valence-electron chi connectivity index (χ2n) is 7.76. The molecule has 0 aliphatic carbocycles. The number of fused-ring (bicyclic) bond motifs is 1. The standard InChI is InChI=1S/C25H21ClN2O5/c1-31-18-11-12-19(20(14-18)32-2)22-21-23(33-28(22)16-8-4-3-5-9-16)25(30)27(24(21)29)17-10-6-7-15(26)13-17/h3-14,21-23H,1-2H3. The van der Waals surface area contributed by atoms with E-state index in [4.69, 9.17) is 25.9 Å². The van der Waals surface area contributed by atoms with E-state index in [1.165, 1.54) is 0 Å². The minimum absolute atomic E-state index is 0.353. The number of anilines is 2. The summed E-state index contributed by atoms with van der Waals surface area (Å²) in [7, 11) is 3.12. The maximum Gasteiger partial charge on any atom is 0.266 e. The summed E-state index contributed by atoms with van der Waals surface area (Å²) in [6.45, 7) is 0. The summed E-state index contributed by atoms with van der Waals surface area (Å²) >= 11 is 6.12. The molecule has 0 N–H and O–H groups in total. The average Bonchev–Trinajstić information content (AvgIpc) is 3.35. The van der Waals surface area contributed by atoms with Crippen molar-refractivity contribution in [3.8, 4) is 11.5 Å². The number of ether oxygens (including phenoxy) is 2. The number of para-hydroxylation sites is 1. The molecule has 0 aromatic heterocycles. The highest BCUT2D eigenvalue weighted by atomic mass is 35.5. The lowest BCUT2D eigenvalue weighted by Crippen LogP contribution is -2.37. The van der Waals surface area contributed by atoms with Crippen LogP contribution in [0.5, 0.6) is 11.5 Å². The van der Waals surface area contributed by atoms with Crippen LogP contribution in [0.2, 0.25) is 5.02 Å². The summed E-state index contributed by atoms with van der Waals surface area (Å²) in [4.78, 5) is 34.4. The SMILES string of the molecule is COc1ccc(C2C3C(=O)N(c4cccc(Cl)c4)C(=O)C3ON2c2ccccc2)c(OC)c1. The first-order valence-corrected chi connectivity index (χ1v) is 10.8. The summed E-state index contributed by atoms with van der Waals surface area (Å²) in [5, 5.41) is 2.07. The van der Waals surface area contributed by atoms with Crippen LogP contribution in [-0.2, 0) is 14.4 Å². The molecule has 2 aliphatic rings. The molecule has 7 nitrogen and oxygen atoms in total. The van der Waals surface area contributed by atoms with Crippen molar-refractivity contribution in [1.82, 2.24) is 0 Å². The van der Waals surface area contributed by atoms with Gasteiger partial charge in [0, 0.05) is 16.7 Å². The van der Waals surface area contributed by atoms with Crippen molar-refractivity contribution < 1.29 is 23.9 Å². The van der Waals surface area contributed by atoms with Crippen molar-refractivity contribution in [2.75, 3.05) is 24.2 Å². The van der Waals surface area contributed by atoms with Crippen LogP contribution in [0.25, 0.3) is 0 Å². The zero-order chi connectivity index (χ0) is 23.1. The number of nitrogens with zero attached hydrogens (tertiary/aromatic N) is 2. The summed E-state index contributed by atoms with van der Waals surface area (Å²) in [6, 6.07) is 20.8. The van der Waals surface area contributed by atoms with Crippen LogP contribution < -0.4 is 19.4 Å². The molecule has 2 fully saturated rings. The van der Waals surface area contributed by atoms with Gasteiger partial charge in [0.2, 0.25) is 5.91 Å². The van der Waals surface area contributed by atoms with Gasteiger partial charge in [0.1, 0.15) is 17.4 Å². The molecule has 3 aromatic carbocycles. The van der Waals surface area contributed by atoms with Crippen LogP contribution in [-0.4, -0.2) is 32.1 Å². The molecule has 0 radical (unpaired) electrons. The number of amides is 2. The molecule has 8 heteroatoms. The minimum atomic E-state index is -0.978. The molecule has 3 unspecified atom stereocenters. The van der Waals surface area contributed by atoms with Crippen molar-refractivity contribution >= 4 is 34.8 Å². The van der Waals surface area contributed by atoms with Gasteiger partial charge in [-0.3, -0.25) is 14.4 Å². The van der Waals surface area contributed by atoms with Gasteiger partial charge < -0.3 is 9.47 Å². The van der Waals surface area contributed by atoms with Gasteiger partial charge in [0.05, 0.1) is 31.6 Å². The number of hydroxylamine groups is 1. The Hall–Kier alpha value is -3.55. The number of rotatable bonds is 5. The fourth-order valence-electron chi connectivity index (χ4n) is 4.46. The predicted octanol–water partition coefficient (Wildman–Crippen LogP) is 4.41. The number of halogens is 1. The highest BCUT2D eigenvalue weighted by Gasteiger charge is 2.60. The Labute approximate surface area is 196 Å². The molecule has 5 rings (SSSR count). The Morgan fingerprint density at radius 1 is 0.848 bits per heavy atom. The van der Waals surface area contributed by atoms with Gasteiger partial charge >= 0.3 is 0 Å². The zero-order valence-corrected chi connectivity index (χ0v) is 18.7. The van der Waals surface area contributed by atoms with E-state index in [-0.39, 0.29) is 5.91 Å². The molecule has 2 saturated heterocycles. The van der Waals surface area contributed by atoms with Gasteiger partial charge in [-0.15, -0.1) is 0 Å². The molecule has 2 heterocycles. The first-order chi connectivity index (χ1) is 16.0. The summed E-state index contributed by atoms with van der Waals surface area (Å²) in [5.74, 6) is -0.409. The van der Waals surface area contributed by atoms with Crippen molar-refractivity contribution in [3.63, 3.8) is 0 Å². The number of benzene rings is 3. The molecule has 2 amide bonds. The normalized spacial score (nSPS) is 22.0. The Kier molecular flexibility index (Phi) is 5.44. The third-order valence-electron chi connectivity index (χ3n) is 5.95. The number of carbonyl (C=O) groups is 2. The van der Waals surface area contributed by atoms with Crippen LogP contribution in [0.15, 0.2) is 72.8 Å². The van der Waals surface area contributed by atoms with Gasteiger partial charge in [-0.05, 0) is 42.5 Å². The van der Waals surface area contributed by atoms with E-state index in [0.29, 0.717) is 27.8 Å². The molecule has 0 saturated carbocycles. The highest BCUT2D eigenvalue weighted by molar-refractivity contribution is 6.31. The number of methoxy groups -OCH3 is 2. The van der Waals surface area contributed by atoms with E-state index in [0.717, 1.165) is 10.6 Å². The molecule has 0 bridgehead atoms. The number of imide groups is 1. The van der Waals surface area contributed by atoms with Crippen LogP contribution in [0, 0.1) is 5.92 Å². The van der Waals surface area contributed by atoms with Gasteiger partial charge in [-0.1, -0.05) is 35.9 Å². The first-order valence-electron chi connectivity index (χ1n) is 10.4. The van der Waals surface area contributed by atoms with Crippen molar-refractivity contribution in [1.29, 1.82) is 0 Å². The van der Waals surface area contributed by atoms with Gasteiger partial charge in [0.15, 0.2) is 6.10 Å². The average molecular weight is 465 g/mol. The lowest BCUT2D eigenvalue weighted by molar-refractivity contribution is -0.126. The Balaban J connectivity index is 1.62. The highest BCUT2D eigenvalue weighted by Crippen LogP contribution is 2.50. The Morgan fingerprint density at radius 3 is 2.30 bits per heavy atom. The van der Waals surface area contributed by atoms with E-state index in [9.17, 15) is 9.59 Å². The maximum absolute atomic E-state index is 13.7. The van der Waals surface area contributed by atoms with E-state index in [2.05, 4.69) is 0 Å². The van der Waals surface area contributed by atoms with Gasteiger partial charge in [-0.2, -0.15) is 0 Å². The third-order valence-corrected chi connectivity index (χ3v) is 6.19.